The van der Waals surface area contributed by atoms with Crippen LogP contribution in [0.25, 0.3) is 39.0 Å². The zero-order valence-electron chi connectivity index (χ0n) is 61.0. The normalized spacial score (nSPS) is 11.6. The van der Waals surface area contributed by atoms with Crippen LogP contribution in [0.15, 0.2) is 186 Å². The van der Waals surface area contributed by atoms with Crippen LogP contribution in [0.4, 0.5) is 0 Å². The van der Waals surface area contributed by atoms with Gasteiger partial charge in [0.25, 0.3) is 11.1 Å². The number of allylic oxidation sites excluding steroid dienone is 4. The molecule has 105 heavy (non-hydrogen) atoms. The standard InChI is InChI=1S/C21H19N3O3.C16H13BrN2O2.C13H15BrO3.C11H9BrO2.C8H16O3.C6H12O3.C4H5ClO/c1-13-21(14(2)27-23-13)17-10-15-7-8-20(25)24(18(15)11-19(17)26-3)12-16-6-4-5-9-22-16;1-21-15-9-14-11(8-13(15)17)5-6-16(20)19(14)10-12-4-2-3-7-18-12;1-3-17-7-6-11(15)8-10-4-5-12(14)13(9-10)16-2;1-14-11-6-8-4-9(13)3-2-7(8)5-10(11)12;1-4-10-7(3)6-8(9)11-5-2;1-3-9-5(2)4-6(7)8;1-2-3-4(5)6/h4-11H,12H2,1-3H3;2-9H,10H2,1H3;4-7,9H,3,8H2,1-2H3;2-3,5-6H,4H2,1H3;7H,4-6H2,1-3H3;5H,3-4H2,1-2H3,(H,7,8);2-3H,1H3/b;;7-6+;;;;3-2+. The predicted molar refractivity (Wildman–Crippen MR) is 419 cm³/mol. The van der Waals surface area contributed by atoms with Crippen LogP contribution in [0.1, 0.15) is 101 Å². The molecule has 0 spiro atoms. The second-order valence-corrected chi connectivity index (χ2v) is 25.4. The SMILES string of the molecule is C/C=C/C(=O)Cl.CCO/C=C/C(=O)Cc1ccc(Br)c(OC)c1.CCOC(=O)CC(C)OCC.CCOC(C)CC(=O)O.COc1cc2c(cc1Br)C=CC(=O)C2.COc1cc2c(ccc(=O)n2Cc2ccccn2)cc1-c1c(C)noc1C.COc1cc2c(ccc(=O)n2Cc2ccccn2)cc1Br. The number of carboxylic acid groups (broad SMARTS) is 1. The number of benzene rings is 4. The highest BCUT2D eigenvalue weighted by molar-refractivity contribution is 9.11. The molecule has 10 rings (SSSR count). The smallest absolute Gasteiger partial charge is 0.308 e. The van der Waals surface area contributed by atoms with E-state index in [-0.39, 0.29) is 47.3 Å². The number of pyridine rings is 4. The Bertz CT molecular complexity index is 4500. The van der Waals surface area contributed by atoms with Crippen molar-refractivity contribution in [2.45, 2.75) is 113 Å². The van der Waals surface area contributed by atoms with E-state index in [1.165, 1.54) is 18.4 Å². The molecular weight excluding hydrogens is 1570 g/mol. The Morgan fingerprint density at radius 3 is 1.66 bits per heavy atom. The van der Waals surface area contributed by atoms with Gasteiger partial charge in [-0.05, 0) is 234 Å². The van der Waals surface area contributed by atoms with Crippen molar-refractivity contribution < 1.29 is 71.5 Å². The number of nitrogens with zero attached hydrogens (tertiary/aromatic N) is 5. The lowest BCUT2D eigenvalue weighted by Gasteiger charge is -2.14. The highest BCUT2D eigenvalue weighted by atomic mass is 79.9. The summed E-state index contributed by atoms with van der Waals surface area (Å²) >= 11 is 15.1. The van der Waals surface area contributed by atoms with E-state index in [9.17, 15) is 33.6 Å². The summed E-state index contributed by atoms with van der Waals surface area (Å²) < 4.78 is 52.5. The number of fused-ring (bicyclic) bond motifs is 3. The van der Waals surface area contributed by atoms with E-state index >= 15 is 0 Å². The van der Waals surface area contributed by atoms with Crippen LogP contribution >= 0.6 is 59.4 Å². The van der Waals surface area contributed by atoms with Crippen LogP contribution in [0, 0.1) is 13.8 Å². The summed E-state index contributed by atoms with van der Waals surface area (Å²) in [4.78, 5) is 86.6. The van der Waals surface area contributed by atoms with Crippen molar-refractivity contribution in [1.82, 2.24) is 24.3 Å². The Balaban J connectivity index is 0.000000271. The third-order valence-electron chi connectivity index (χ3n) is 14.7. The third-order valence-corrected chi connectivity index (χ3v) is 16.7. The van der Waals surface area contributed by atoms with Gasteiger partial charge in [-0.15, -0.1) is 0 Å². The molecule has 2 atom stereocenters. The first-order valence-electron chi connectivity index (χ1n) is 33.2. The zero-order valence-corrected chi connectivity index (χ0v) is 66.6. The molecule has 22 nitrogen and oxygen atoms in total. The maximum atomic E-state index is 12.5. The Kier molecular flexibility index (Phi) is 39.5. The number of aliphatic carboxylic acids is 1. The van der Waals surface area contributed by atoms with Gasteiger partial charge in [0.15, 0.2) is 11.6 Å². The second-order valence-electron chi connectivity index (χ2n) is 22.5. The van der Waals surface area contributed by atoms with Crippen molar-refractivity contribution >= 4 is 116 Å². The van der Waals surface area contributed by atoms with Crippen LogP contribution in [0.5, 0.6) is 23.0 Å². The van der Waals surface area contributed by atoms with Crippen molar-refractivity contribution in [3.8, 4) is 34.1 Å². The van der Waals surface area contributed by atoms with Gasteiger partial charge in [-0.3, -0.25) is 43.5 Å². The number of esters is 1. The number of hydrogen-bond acceptors (Lipinski definition) is 19. The number of carboxylic acids is 1. The number of aryl methyl sites for hydroxylation is 2. The fraction of sp³-hybridized carbons (Fsp3) is 0.316. The Hall–Kier alpha value is -9.37. The van der Waals surface area contributed by atoms with Gasteiger partial charge >= 0.3 is 11.9 Å². The number of ketones is 2. The number of methoxy groups -OCH3 is 4. The van der Waals surface area contributed by atoms with Gasteiger partial charge in [0.05, 0.1) is 133 Å². The Morgan fingerprint density at radius 1 is 0.629 bits per heavy atom. The summed E-state index contributed by atoms with van der Waals surface area (Å²) in [6.07, 6.45) is 13.7. The minimum atomic E-state index is -0.809. The lowest BCUT2D eigenvalue weighted by Crippen LogP contribution is -2.20. The van der Waals surface area contributed by atoms with Crippen molar-refractivity contribution in [2.75, 3.05) is 54.9 Å². The van der Waals surface area contributed by atoms with E-state index in [0.29, 0.717) is 70.3 Å². The molecule has 1 aliphatic rings. The van der Waals surface area contributed by atoms with Crippen molar-refractivity contribution in [2.24, 2.45) is 0 Å². The molecule has 0 bridgehead atoms. The van der Waals surface area contributed by atoms with Crippen molar-refractivity contribution in [3.05, 3.63) is 232 Å². The summed E-state index contributed by atoms with van der Waals surface area (Å²) in [5.74, 6) is 2.73. The van der Waals surface area contributed by atoms with Gasteiger partial charge in [-0.1, -0.05) is 35.5 Å². The van der Waals surface area contributed by atoms with Crippen molar-refractivity contribution in [1.29, 1.82) is 0 Å². The zero-order chi connectivity index (χ0) is 77.5. The predicted octanol–water partition coefficient (Wildman–Crippen LogP) is 16.2. The number of hydrogen-bond donors (Lipinski definition) is 1. The molecule has 0 amide bonds. The molecule has 2 unspecified atom stereocenters. The summed E-state index contributed by atoms with van der Waals surface area (Å²) in [7, 11) is 6.44. The minimum absolute atomic E-state index is 0.00262. The number of rotatable bonds is 24. The molecule has 26 heteroatoms. The monoisotopic (exact) mass is 1650 g/mol. The lowest BCUT2D eigenvalue weighted by atomic mass is 9.96. The third kappa shape index (κ3) is 30.0. The quantitative estimate of drug-likeness (QED) is 0.0255. The van der Waals surface area contributed by atoms with E-state index < -0.39 is 11.2 Å². The summed E-state index contributed by atoms with van der Waals surface area (Å²) in [5.41, 5.74) is 8.76. The molecule has 9 aromatic rings. The van der Waals surface area contributed by atoms with Gasteiger partial charge < -0.3 is 56.7 Å². The Labute approximate surface area is 641 Å². The highest BCUT2D eigenvalue weighted by Gasteiger charge is 2.20. The highest BCUT2D eigenvalue weighted by Crippen LogP contribution is 2.38. The molecule has 4 aromatic carbocycles. The molecule has 0 aliphatic heterocycles. The first-order chi connectivity index (χ1) is 50.3. The van der Waals surface area contributed by atoms with E-state index in [1.54, 1.807) is 95.0 Å². The number of halogens is 4. The van der Waals surface area contributed by atoms with Gasteiger partial charge in [0, 0.05) is 74.4 Å². The minimum Gasteiger partial charge on any atom is -0.501 e. The molecule has 0 fully saturated rings. The fourth-order valence-electron chi connectivity index (χ4n) is 9.96. The average molecular weight is 1660 g/mol. The Morgan fingerprint density at radius 2 is 1.17 bits per heavy atom. The first kappa shape index (κ1) is 88.0. The molecule has 5 heterocycles. The van der Waals surface area contributed by atoms with Crippen LogP contribution in [0.2, 0.25) is 0 Å². The first-order valence-corrected chi connectivity index (χ1v) is 36.0. The number of ether oxygens (including phenoxy) is 8. The molecule has 5 aromatic heterocycles. The second kappa shape index (κ2) is 47.2. The summed E-state index contributed by atoms with van der Waals surface area (Å²) in [5, 5.41) is 13.8. The number of carbonyl (C=O) groups excluding carboxylic acids is 4. The van der Waals surface area contributed by atoms with Crippen LogP contribution in [-0.2, 0) is 68.9 Å². The molecule has 0 radical (unpaired) electrons. The molecular formula is C79H89Br3ClN5O17. The van der Waals surface area contributed by atoms with Crippen LogP contribution < -0.4 is 30.1 Å². The van der Waals surface area contributed by atoms with Crippen LogP contribution in [0.3, 0.4) is 0 Å². The lowest BCUT2D eigenvalue weighted by molar-refractivity contribution is -0.146. The number of carbonyl (C=O) groups is 5. The van der Waals surface area contributed by atoms with Gasteiger partial charge in [0.2, 0.25) is 5.24 Å². The van der Waals surface area contributed by atoms with Gasteiger partial charge in [-0.25, -0.2) is 0 Å². The molecule has 0 saturated carbocycles. The van der Waals surface area contributed by atoms with E-state index in [1.807, 2.05) is 151 Å². The molecule has 1 N–H and O–H groups in total. The fourth-order valence-corrected chi connectivity index (χ4v) is 11.5. The topological polar surface area (TPSA) is 275 Å². The maximum Gasteiger partial charge on any atom is 0.308 e. The van der Waals surface area contributed by atoms with E-state index in [4.69, 9.17) is 59.1 Å². The maximum absolute atomic E-state index is 12.5. The molecule has 1 aliphatic carbocycles. The molecule has 0 saturated heterocycles. The van der Waals surface area contributed by atoms with Gasteiger partial charge in [0.1, 0.15) is 28.8 Å². The van der Waals surface area contributed by atoms with E-state index in [2.05, 4.69) is 62.9 Å². The number of aromatic nitrogens is 5. The summed E-state index contributed by atoms with van der Waals surface area (Å²) in [6, 6.07) is 35.3. The van der Waals surface area contributed by atoms with Crippen LogP contribution in [-0.4, -0.2) is 125 Å². The van der Waals surface area contributed by atoms with Crippen molar-refractivity contribution in [3.63, 3.8) is 0 Å². The van der Waals surface area contributed by atoms with E-state index in [0.717, 1.165) is 97.4 Å². The summed E-state index contributed by atoms with van der Waals surface area (Å²) in [6.45, 7) is 19.6. The van der Waals surface area contributed by atoms with Gasteiger partial charge in [-0.2, -0.15) is 0 Å². The largest absolute Gasteiger partial charge is 0.501 e. The molecule has 560 valence electrons. The average Bonchev–Trinajstić information content (AvgIpc) is 1.65.